The van der Waals surface area contributed by atoms with Crippen molar-refractivity contribution in [3.8, 4) is 23.0 Å². The van der Waals surface area contributed by atoms with Crippen LogP contribution < -0.4 is 40.2 Å². The van der Waals surface area contributed by atoms with Crippen LogP contribution in [0.15, 0.2) is 145 Å². The van der Waals surface area contributed by atoms with Gasteiger partial charge in [0.2, 0.25) is 23.6 Å². The molecule has 0 bridgehead atoms. The topological polar surface area (TPSA) is 153 Å². The third-order valence-corrected chi connectivity index (χ3v) is 8.34. The smallest absolute Gasteiger partial charge is 0.216 e. The van der Waals surface area contributed by atoms with Crippen LogP contribution in [-0.4, -0.2) is 78.0 Å². The van der Waals surface area contributed by atoms with Crippen molar-refractivity contribution < 1.29 is 112 Å². The maximum atomic E-state index is 12.0. The highest BCUT2D eigenvalue weighted by molar-refractivity contribution is 5.90. The van der Waals surface area contributed by atoms with E-state index in [9.17, 15) is 19.2 Å². The first-order chi connectivity index (χ1) is 56.7. The summed E-state index contributed by atoms with van der Waals surface area (Å²) in [6.45, 7) is -21.7. The standard InChI is InChI=1S/4C15H17NO2/c4*1-11(17)16-9-8-13-5-3-4-12-6-7-14(18-2)10-15(12)13/h4*3-7,10H,8-9H2,1-2H3,(H,16,17)/i1D3,2D3,3D,4D,5D,6D,7D,8D2,9D2,10D;1D3,3D,4D,5D,6D,7D,8D2,9D2,10D;1D3,2D3,3D,4D,5D,6D,7D,10D;1D3,3D,4D,5D,6D,7D,10D/hD4. The average Bonchev–Trinajstić information content (AvgIpc) is 0.712. The molecule has 8 rings (SSSR count). The van der Waals surface area contributed by atoms with Gasteiger partial charge in [0.05, 0.1) is 69.4 Å². The fourth-order valence-corrected chi connectivity index (χ4v) is 5.34. The number of methoxy groups -OCH3 is 4. The Kier molecular flexibility index (Phi) is 6.74. The third kappa shape index (κ3) is 17.1. The Morgan fingerprint density at radius 2 is 0.736 bits per heavy atom. The zero-order valence-electron chi connectivity index (χ0n) is 90.9. The van der Waals surface area contributed by atoms with Crippen LogP contribution in [0.5, 0.6) is 23.0 Å². The number of carbonyl (C=O) groups is 4. The number of amides is 4. The van der Waals surface area contributed by atoms with E-state index in [1.165, 1.54) is 7.11 Å². The highest BCUT2D eigenvalue weighted by Crippen LogP contribution is 2.28. The Hall–Kier alpha value is -8.12. The van der Waals surface area contributed by atoms with Gasteiger partial charge in [0.15, 0.2) is 5.65 Å². The van der Waals surface area contributed by atoms with Crippen molar-refractivity contribution in [2.45, 2.75) is 53.0 Å². The zero-order chi connectivity index (χ0) is 98.4. The Labute approximate surface area is 499 Å². The summed E-state index contributed by atoms with van der Waals surface area (Å²) in [5.74, 6) is -9.73. The lowest BCUT2D eigenvalue weighted by Gasteiger charge is -2.08. The van der Waals surface area contributed by atoms with E-state index < -0.39 is 310 Å². The fourth-order valence-electron chi connectivity index (χ4n) is 5.34. The molecule has 0 radical (unpaired) electrons. The van der Waals surface area contributed by atoms with Gasteiger partial charge in [-0.05, 0) is 139 Å². The summed E-state index contributed by atoms with van der Waals surface area (Å²) in [6, 6.07) is -18.0. The van der Waals surface area contributed by atoms with Crippen LogP contribution in [0.25, 0.3) is 43.1 Å². The Balaban J connectivity index is 0.000000299. The van der Waals surface area contributed by atoms with Crippen LogP contribution in [0.2, 0.25) is 5.65 Å². The molecule has 0 saturated carbocycles. The lowest BCUT2D eigenvalue weighted by Crippen LogP contribution is -2.22. The molecule has 0 aromatic heterocycles. The van der Waals surface area contributed by atoms with Crippen molar-refractivity contribution in [1.29, 1.82) is 0 Å². The SMILES string of the molecule is [2H]c1c([2H])c(C([2H])([2H])C([2H])([2H])N([2H])C(=O)C([2H])([2H])[2H])c2c([2H])c(OC([2H])([2H])[2H])c([2H])c([2H])c2c1[2H].[2H]c1c([2H])c(C([2H])([2H])C([2H])([2H])N([2H])C(=O)C([2H])([2H])[2H])c2c([2H])c(OC)c([2H])c([2H])c2c1[2H].[2H]c1c([2H])c(CCN([2H])C(=O)C([2H])([2H])[2H])c2c([2H])c(OC([2H])([2H])[2H])c([2H])c([2H])c2c1[2H].[2H]c1c([2H])c(CCN([2H])C(=O)C([2H])([2H])[2H])c2c([2H])c(OC)c([2H])c([2H])c2c1[2H]. The zero-order valence-corrected chi connectivity index (χ0v) is 36.9. The quantitative estimate of drug-likeness (QED) is 0.0747. The van der Waals surface area contributed by atoms with Crippen molar-refractivity contribution in [2.75, 3.05) is 54.4 Å². The summed E-state index contributed by atoms with van der Waals surface area (Å²) in [7, 11) is -4.06. The molecule has 0 saturated heterocycles. The number of benzene rings is 8. The molecule has 0 spiro atoms. The number of rotatable bonds is 16. The minimum Gasteiger partial charge on any atom is -0.497 e. The van der Waals surface area contributed by atoms with E-state index in [0.717, 1.165) is 7.11 Å². The molecule has 8 aromatic rings. The molecule has 0 aliphatic heterocycles. The highest BCUT2D eigenvalue weighted by atomic mass is 16.5. The number of fused-ring (bicyclic) bond motifs is 4. The number of hydrogen-bond acceptors (Lipinski definition) is 8. The second-order valence-corrected chi connectivity index (χ2v) is 12.8. The van der Waals surface area contributed by atoms with Crippen molar-refractivity contribution in [1.82, 2.24) is 21.2 Å². The molecule has 0 atom stereocenters. The van der Waals surface area contributed by atoms with Crippen LogP contribution in [0, 0.1) is 0 Å². The largest absolute Gasteiger partial charge is 0.497 e. The van der Waals surface area contributed by atoms with E-state index >= 15 is 0 Å². The summed E-state index contributed by atoms with van der Waals surface area (Å²) >= 11 is 0. The molecule has 12 heteroatoms. The van der Waals surface area contributed by atoms with E-state index in [0.29, 0.717) is 0 Å². The fraction of sp³-hybridized carbons (Fsp3) is 0.267. The molecule has 376 valence electrons. The molecular formula is C60H68N4O8. The molecule has 12 nitrogen and oxygen atoms in total. The van der Waals surface area contributed by atoms with Gasteiger partial charge in [0.25, 0.3) is 0 Å². The van der Waals surface area contributed by atoms with Gasteiger partial charge >= 0.3 is 0 Å². The van der Waals surface area contributed by atoms with Crippen LogP contribution >= 0.6 is 0 Å². The third-order valence-electron chi connectivity index (χ3n) is 8.34. The Morgan fingerprint density at radius 1 is 0.431 bits per heavy atom. The first-order valence-corrected chi connectivity index (χ1v) is 19.5. The second-order valence-electron chi connectivity index (χ2n) is 12.8. The van der Waals surface area contributed by atoms with E-state index in [-0.39, 0.29) is 61.5 Å². The van der Waals surface area contributed by atoms with Gasteiger partial charge in [-0.15, -0.1) is 0 Å². The molecule has 4 N–H and O–H groups in total. The minimum atomic E-state index is -3.86. The lowest BCUT2D eigenvalue weighted by molar-refractivity contribution is -0.119. The predicted molar refractivity (Wildman–Crippen MR) is 292 cm³/mol. The molecule has 0 aliphatic rings. The van der Waals surface area contributed by atoms with E-state index in [1.807, 2.05) is 0 Å². The van der Waals surface area contributed by atoms with Gasteiger partial charge in [-0.1, -0.05) is 96.7 Å². The molecular weight excluding hydrogens is 905 g/mol. The monoisotopic (exact) mass is 1030 g/mol. The summed E-state index contributed by atoms with van der Waals surface area (Å²) in [4.78, 5) is 47.4. The second kappa shape index (κ2) is 28.5. The van der Waals surface area contributed by atoms with Crippen LogP contribution in [-0.2, 0) is 44.8 Å². The Morgan fingerprint density at radius 3 is 1.06 bits per heavy atom. The van der Waals surface area contributed by atoms with E-state index in [4.69, 9.17) is 83.7 Å². The van der Waals surface area contributed by atoms with Gasteiger partial charge in [0, 0.05) is 80.9 Å². The van der Waals surface area contributed by atoms with Gasteiger partial charge in [0.1, 0.15) is 23.0 Å². The molecule has 0 heterocycles. The minimum absolute atomic E-state index is 0.00314. The van der Waals surface area contributed by atoms with Gasteiger partial charge in [-0.25, -0.2) is 0 Å². The predicted octanol–water partition coefficient (Wildman–Crippen LogP) is 10.1. The summed E-state index contributed by atoms with van der Waals surface area (Å²) in [5.41, 5.74) is -2.49. The maximum Gasteiger partial charge on any atom is 0.216 e. The number of ether oxygens (including phenoxy) is 4. The van der Waals surface area contributed by atoms with Crippen molar-refractivity contribution in [3.05, 3.63) is 167 Å². The van der Waals surface area contributed by atoms with Crippen molar-refractivity contribution in [2.24, 2.45) is 0 Å². The first-order valence-electron chi connectivity index (χ1n) is 46.3. The van der Waals surface area contributed by atoms with Crippen molar-refractivity contribution >= 4 is 66.7 Å². The maximum absolute atomic E-state index is 12.0. The summed E-state index contributed by atoms with van der Waals surface area (Å²) in [5, 5.41) is -5.11. The molecule has 0 unspecified atom stereocenters. The summed E-state index contributed by atoms with van der Waals surface area (Å²) < 4.78 is 438. The molecule has 0 aliphatic carbocycles. The van der Waals surface area contributed by atoms with E-state index in [1.54, 1.807) is 0 Å². The Bertz CT molecular complexity index is 5680. The number of hydrogen-bond donors (Lipinski definition) is 4. The van der Waals surface area contributed by atoms with E-state index in [2.05, 4.69) is 9.47 Å². The normalized spacial score (nSPS) is 23.0. The number of carbonyl (C=O) groups excluding carboxylic acids is 4. The highest BCUT2D eigenvalue weighted by Gasteiger charge is 2.07. The molecule has 4 amide bonds. The molecule has 72 heavy (non-hydrogen) atoms. The van der Waals surface area contributed by atoms with Gasteiger partial charge in [-0.2, -0.15) is 0 Å². The van der Waals surface area contributed by atoms with Gasteiger partial charge < -0.3 is 40.2 Å². The van der Waals surface area contributed by atoms with Gasteiger partial charge in [-0.3, -0.25) is 19.2 Å². The van der Waals surface area contributed by atoms with Crippen LogP contribution in [0.3, 0.4) is 0 Å². The molecule has 8 aromatic carbocycles. The molecule has 0 fully saturated rings. The van der Waals surface area contributed by atoms with Crippen molar-refractivity contribution in [3.63, 3.8) is 0 Å². The average molecular weight is 1030 g/mol. The number of aryl methyl sites for hydroxylation is 2. The number of nitrogens with one attached hydrogen (secondary N) is 4. The van der Waals surface area contributed by atoms with Crippen LogP contribution in [0.4, 0.5) is 0 Å². The first kappa shape index (κ1) is 17.0. The lowest BCUT2D eigenvalue weighted by atomic mass is 10.0. The summed E-state index contributed by atoms with van der Waals surface area (Å²) in [6.07, 6.45) is -7.97. The van der Waals surface area contributed by atoms with Crippen LogP contribution in [0.1, 0.15) is 118 Å².